The second-order valence-corrected chi connectivity index (χ2v) is 4.56. The number of hydrogen-bond donors (Lipinski definition) is 2. The van der Waals surface area contributed by atoms with Crippen molar-refractivity contribution in [3.63, 3.8) is 0 Å². The molecule has 5 heteroatoms. The Balaban J connectivity index is 1.91. The molecule has 1 saturated carbocycles. The molecule has 1 fully saturated rings. The summed E-state index contributed by atoms with van der Waals surface area (Å²) >= 11 is 0. The Morgan fingerprint density at radius 3 is 2.56 bits per heavy atom. The minimum absolute atomic E-state index is 0.0727. The molecule has 3 N–H and O–H groups in total. The number of nitrogens with one attached hydrogen (secondary N) is 1. The van der Waals surface area contributed by atoms with Crippen LogP contribution in [-0.4, -0.2) is 18.1 Å². The van der Waals surface area contributed by atoms with E-state index in [0.29, 0.717) is 0 Å². The second kappa shape index (κ2) is 5.93. The summed E-state index contributed by atoms with van der Waals surface area (Å²) in [7, 11) is 0. The number of halogens is 1. The molecule has 0 bridgehead atoms. The molecule has 1 amide bonds. The first-order chi connectivity index (χ1) is 8.70. The molecule has 0 spiro atoms. The molecule has 0 aromatic heterocycles. The third-order valence-electron chi connectivity index (χ3n) is 3.32. The van der Waals surface area contributed by atoms with Crippen molar-refractivity contribution in [2.75, 3.05) is 0 Å². The van der Waals surface area contributed by atoms with Crippen molar-refractivity contribution >= 4 is 5.91 Å². The van der Waals surface area contributed by atoms with E-state index in [9.17, 15) is 9.18 Å². The van der Waals surface area contributed by atoms with Crippen LogP contribution in [0.4, 0.5) is 4.39 Å². The zero-order valence-electron chi connectivity index (χ0n) is 10.1. The maximum atomic E-state index is 13.4. The van der Waals surface area contributed by atoms with Crippen molar-refractivity contribution in [2.45, 2.75) is 37.8 Å². The van der Waals surface area contributed by atoms with Gasteiger partial charge in [-0.25, -0.2) is 10.3 Å². The molecule has 0 radical (unpaired) electrons. The maximum absolute atomic E-state index is 13.4. The van der Waals surface area contributed by atoms with Gasteiger partial charge in [0, 0.05) is 6.04 Å². The van der Waals surface area contributed by atoms with Gasteiger partial charge in [0.15, 0.2) is 0 Å². The summed E-state index contributed by atoms with van der Waals surface area (Å²) in [6.07, 6.45) is 3.33. The minimum Gasteiger partial charge on any atom is -0.349 e. The Kier molecular flexibility index (Phi) is 4.28. The van der Waals surface area contributed by atoms with Gasteiger partial charge in [0.05, 0.1) is 11.7 Å². The summed E-state index contributed by atoms with van der Waals surface area (Å²) in [4.78, 5) is 16.7. The van der Waals surface area contributed by atoms with E-state index < -0.39 is 5.82 Å². The second-order valence-electron chi connectivity index (χ2n) is 4.56. The lowest BCUT2D eigenvalue weighted by Crippen LogP contribution is -2.39. The van der Waals surface area contributed by atoms with E-state index in [1.165, 1.54) is 12.1 Å². The fourth-order valence-electron chi connectivity index (χ4n) is 2.25. The van der Waals surface area contributed by atoms with Crippen molar-refractivity contribution in [1.29, 1.82) is 0 Å². The number of hydrogen-bond acceptors (Lipinski definition) is 3. The number of nitrogens with two attached hydrogens (primary N) is 1. The van der Waals surface area contributed by atoms with Gasteiger partial charge in [-0.1, -0.05) is 12.1 Å². The number of amides is 1. The molecule has 4 nitrogen and oxygen atoms in total. The van der Waals surface area contributed by atoms with Gasteiger partial charge in [0.2, 0.25) is 0 Å². The van der Waals surface area contributed by atoms with Gasteiger partial charge >= 0.3 is 0 Å². The Hall–Kier alpha value is -1.46. The van der Waals surface area contributed by atoms with Gasteiger partial charge in [-0.3, -0.25) is 4.79 Å². The molecule has 1 aliphatic rings. The molecule has 0 saturated heterocycles. The third kappa shape index (κ3) is 3.05. The van der Waals surface area contributed by atoms with Crippen molar-refractivity contribution in [3.8, 4) is 0 Å². The maximum Gasteiger partial charge on any atom is 0.254 e. The molecule has 1 aromatic carbocycles. The van der Waals surface area contributed by atoms with E-state index >= 15 is 0 Å². The smallest absolute Gasteiger partial charge is 0.254 e. The van der Waals surface area contributed by atoms with E-state index in [1.807, 2.05) is 0 Å². The average Bonchev–Trinajstić information content (AvgIpc) is 2.40. The van der Waals surface area contributed by atoms with Crippen molar-refractivity contribution < 1.29 is 14.0 Å². The van der Waals surface area contributed by atoms with Crippen LogP contribution in [-0.2, 0) is 4.84 Å². The summed E-state index contributed by atoms with van der Waals surface area (Å²) in [5, 5.41) is 2.85. The molecule has 0 aliphatic heterocycles. The number of carbonyl (C=O) groups is 1. The fraction of sp³-hybridized carbons (Fsp3) is 0.462. The van der Waals surface area contributed by atoms with Crippen LogP contribution < -0.4 is 11.2 Å². The quantitative estimate of drug-likeness (QED) is 0.806. The van der Waals surface area contributed by atoms with Crippen LogP contribution in [0.1, 0.15) is 36.0 Å². The van der Waals surface area contributed by atoms with E-state index in [1.54, 1.807) is 12.1 Å². The predicted octanol–water partition coefficient (Wildman–Crippen LogP) is 1.76. The number of carbonyl (C=O) groups excluding carboxylic acids is 1. The standard InChI is InChI=1S/C13H17FN2O2/c14-12-4-2-1-3-11(12)13(17)16-9-5-7-10(18-15)8-6-9/h1-4,9-10H,5-8,15H2,(H,16,17). The molecule has 2 rings (SSSR count). The number of benzene rings is 1. The van der Waals surface area contributed by atoms with Crippen molar-refractivity contribution in [3.05, 3.63) is 35.6 Å². The van der Waals surface area contributed by atoms with Crippen molar-refractivity contribution in [2.24, 2.45) is 5.90 Å². The van der Waals surface area contributed by atoms with Gasteiger partial charge < -0.3 is 10.2 Å². The molecule has 0 heterocycles. The van der Waals surface area contributed by atoms with Gasteiger partial charge in [-0.05, 0) is 37.8 Å². The first-order valence-corrected chi connectivity index (χ1v) is 6.11. The van der Waals surface area contributed by atoms with Gasteiger partial charge in [0.25, 0.3) is 5.91 Å². The Labute approximate surface area is 105 Å². The lowest BCUT2D eigenvalue weighted by molar-refractivity contribution is 0.0216. The van der Waals surface area contributed by atoms with Gasteiger partial charge in [-0.2, -0.15) is 0 Å². The zero-order valence-corrected chi connectivity index (χ0v) is 10.1. The lowest BCUT2D eigenvalue weighted by Gasteiger charge is -2.27. The van der Waals surface area contributed by atoms with E-state index in [4.69, 9.17) is 10.7 Å². The molecule has 1 aliphatic carbocycles. The van der Waals surface area contributed by atoms with Crippen LogP contribution in [0.2, 0.25) is 0 Å². The van der Waals surface area contributed by atoms with Crippen LogP contribution >= 0.6 is 0 Å². The van der Waals surface area contributed by atoms with Crippen LogP contribution in [0, 0.1) is 5.82 Å². The predicted molar refractivity (Wildman–Crippen MR) is 65.2 cm³/mol. The van der Waals surface area contributed by atoms with E-state index in [0.717, 1.165) is 25.7 Å². The molecular weight excluding hydrogens is 235 g/mol. The lowest BCUT2D eigenvalue weighted by atomic mass is 9.93. The first-order valence-electron chi connectivity index (χ1n) is 6.11. The zero-order chi connectivity index (χ0) is 13.0. The van der Waals surface area contributed by atoms with Gasteiger partial charge in [-0.15, -0.1) is 0 Å². The molecule has 0 unspecified atom stereocenters. The Bertz CT molecular complexity index is 417. The molecule has 0 atom stereocenters. The average molecular weight is 252 g/mol. The summed E-state index contributed by atoms with van der Waals surface area (Å²) in [5.74, 6) is 4.28. The fourth-order valence-corrected chi connectivity index (χ4v) is 2.25. The summed E-state index contributed by atoms with van der Waals surface area (Å²) < 4.78 is 13.4. The number of rotatable bonds is 3. The van der Waals surface area contributed by atoms with Crippen LogP contribution in [0.15, 0.2) is 24.3 Å². The normalized spacial score (nSPS) is 23.7. The Morgan fingerprint density at radius 2 is 1.94 bits per heavy atom. The highest BCUT2D eigenvalue weighted by Crippen LogP contribution is 2.20. The summed E-state index contributed by atoms with van der Waals surface area (Å²) in [6, 6.07) is 6.06. The third-order valence-corrected chi connectivity index (χ3v) is 3.32. The largest absolute Gasteiger partial charge is 0.349 e. The summed E-state index contributed by atoms with van der Waals surface area (Å²) in [5.41, 5.74) is 0.0923. The van der Waals surface area contributed by atoms with E-state index in [-0.39, 0.29) is 23.6 Å². The monoisotopic (exact) mass is 252 g/mol. The minimum atomic E-state index is -0.492. The van der Waals surface area contributed by atoms with Crippen LogP contribution in [0.25, 0.3) is 0 Å². The SMILES string of the molecule is NOC1CCC(NC(=O)c2ccccc2F)CC1. The Morgan fingerprint density at radius 1 is 1.28 bits per heavy atom. The highest BCUT2D eigenvalue weighted by Gasteiger charge is 2.23. The molecule has 98 valence electrons. The summed E-state index contributed by atoms with van der Waals surface area (Å²) in [6.45, 7) is 0. The van der Waals surface area contributed by atoms with Crippen molar-refractivity contribution in [1.82, 2.24) is 5.32 Å². The first kappa shape index (κ1) is 13.0. The topological polar surface area (TPSA) is 64.3 Å². The van der Waals surface area contributed by atoms with E-state index in [2.05, 4.69) is 5.32 Å². The molecular formula is C13H17FN2O2. The van der Waals surface area contributed by atoms with Crippen LogP contribution in [0.3, 0.4) is 0 Å². The van der Waals surface area contributed by atoms with Gasteiger partial charge in [0.1, 0.15) is 5.82 Å². The molecule has 1 aromatic rings. The highest BCUT2D eigenvalue weighted by atomic mass is 19.1. The van der Waals surface area contributed by atoms with Crippen LogP contribution in [0.5, 0.6) is 0 Å². The highest BCUT2D eigenvalue weighted by molar-refractivity contribution is 5.94. The molecule has 18 heavy (non-hydrogen) atoms.